The van der Waals surface area contributed by atoms with Gasteiger partial charge in [0.2, 0.25) is 5.78 Å². The molecule has 0 aliphatic rings. The number of carbonyl (C=O) groups is 3. The summed E-state index contributed by atoms with van der Waals surface area (Å²) in [5.74, 6) is -1.23. The normalized spacial score (nSPS) is 11.6. The number of nitrogens with zero attached hydrogens (tertiary/aromatic N) is 1. The van der Waals surface area contributed by atoms with Crippen LogP contribution in [-0.4, -0.2) is 28.8 Å². The molecule has 5 heteroatoms. The van der Waals surface area contributed by atoms with Gasteiger partial charge in [0.05, 0.1) is 5.71 Å². The molecule has 0 saturated heterocycles. The first-order chi connectivity index (χ1) is 7.36. The van der Waals surface area contributed by atoms with E-state index in [2.05, 4.69) is 4.99 Å². The minimum Gasteiger partial charge on any atom is -0.301 e. The van der Waals surface area contributed by atoms with Crippen molar-refractivity contribution in [2.45, 2.75) is 27.2 Å². The molecule has 0 rings (SSSR count). The number of aliphatic imine (C=N–C) groups is 1. The lowest BCUT2D eigenvalue weighted by Crippen LogP contribution is -2.26. The van der Waals surface area contributed by atoms with Crippen LogP contribution in [0.1, 0.15) is 27.2 Å². The molecule has 0 aromatic rings. The molecule has 0 aliphatic carbocycles. The van der Waals surface area contributed by atoms with Gasteiger partial charge < -0.3 is 5.41 Å². The highest BCUT2D eigenvalue weighted by molar-refractivity contribution is 6.79. The van der Waals surface area contributed by atoms with E-state index in [-0.39, 0.29) is 23.6 Å². The molecule has 16 heavy (non-hydrogen) atoms. The summed E-state index contributed by atoms with van der Waals surface area (Å²) in [5, 5.41) is 7.11. The monoisotopic (exact) mass is 222 g/mol. The van der Waals surface area contributed by atoms with Gasteiger partial charge in [-0.3, -0.25) is 14.4 Å². The van der Waals surface area contributed by atoms with Gasteiger partial charge in [-0.15, -0.1) is 0 Å². The second-order valence-electron chi connectivity index (χ2n) is 3.28. The SMILES string of the molecule is CC(=N)C(=O)C(=NC=CCC(C)=O)C(C)=O. The number of allylic oxidation sites excluding steroid dienone is 1. The first-order valence-electron chi connectivity index (χ1n) is 4.69. The Balaban J connectivity index is 4.80. The van der Waals surface area contributed by atoms with Crippen molar-refractivity contribution in [2.24, 2.45) is 4.99 Å². The highest BCUT2D eigenvalue weighted by atomic mass is 16.2. The lowest BCUT2D eigenvalue weighted by atomic mass is 10.1. The van der Waals surface area contributed by atoms with Crippen molar-refractivity contribution >= 4 is 28.8 Å². The van der Waals surface area contributed by atoms with Gasteiger partial charge in [-0.05, 0) is 13.8 Å². The molecule has 86 valence electrons. The summed E-state index contributed by atoms with van der Waals surface area (Å²) in [6.45, 7) is 3.92. The molecule has 0 aliphatic heterocycles. The molecule has 0 atom stereocenters. The van der Waals surface area contributed by atoms with Gasteiger partial charge in [-0.2, -0.15) is 0 Å². The van der Waals surface area contributed by atoms with Crippen LogP contribution in [0.5, 0.6) is 0 Å². The fourth-order valence-electron chi connectivity index (χ4n) is 0.833. The minimum atomic E-state index is -0.694. The Morgan fingerprint density at radius 2 is 1.75 bits per heavy atom. The Kier molecular flexibility index (Phi) is 5.77. The molecule has 0 saturated carbocycles. The Hall–Kier alpha value is -1.91. The molecule has 0 aromatic heterocycles. The second kappa shape index (κ2) is 6.55. The molecule has 0 radical (unpaired) electrons. The number of ketones is 3. The van der Waals surface area contributed by atoms with Crippen molar-refractivity contribution in [1.29, 1.82) is 5.41 Å². The minimum absolute atomic E-state index is 0.0367. The van der Waals surface area contributed by atoms with E-state index in [1.807, 2.05) is 0 Å². The maximum atomic E-state index is 11.3. The van der Waals surface area contributed by atoms with Gasteiger partial charge in [0.15, 0.2) is 11.5 Å². The first kappa shape index (κ1) is 14.1. The number of hydrogen-bond acceptors (Lipinski definition) is 5. The summed E-state index contributed by atoms with van der Waals surface area (Å²) in [4.78, 5) is 36.7. The van der Waals surface area contributed by atoms with Crippen molar-refractivity contribution in [3.05, 3.63) is 12.3 Å². The van der Waals surface area contributed by atoms with Crippen LogP contribution in [0.4, 0.5) is 0 Å². The van der Waals surface area contributed by atoms with E-state index in [9.17, 15) is 14.4 Å². The maximum absolute atomic E-state index is 11.3. The van der Waals surface area contributed by atoms with Crippen LogP contribution >= 0.6 is 0 Å². The standard InChI is InChI=1S/C11H14N2O3/c1-7(14)5-4-6-13-10(9(3)15)11(16)8(2)12/h4,6,12H,5H2,1-3H3. The molecular weight excluding hydrogens is 208 g/mol. The van der Waals surface area contributed by atoms with Crippen LogP contribution < -0.4 is 0 Å². The van der Waals surface area contributed by atoms with Gasteiger partial charge in [0.25, 0.3) is 0 Å². The summed E-state index contributed by atoms with van der Waals surface area (Å²) in [5.41, 5.74) is -0.527. The number of rotatable bonds is 6. The molecule has 0 heterocycles. The predicted molar refractivity (Wildman–Crippen MR) is 61.0 cm³/mol. The van der Waals surface area contributed by atoms with Crippen molar-refractivity contribution in [3.63, 3.8) is 0 Å². The summed E-state index contributed by atoms with van der Waals surface area (Å²) < 4.78 is 0. The van der Waals surface area contributed by atoms with Gasteiger partial charge in [-0.25, -0.2) is 4.99 Å². The smallest absolute Gasteiger partial charge is 0.228 e. The first-order valence-corrected chi connectivity index (χ1v) is 4.69. The van der Waals surface area contributed by atoms with Crippen molar-refractivity contribution < 1.29 is 14.4 Å². The highest BCUT2D eigenvalue weighted by Crippen LogP contribution is 1.91. The van der Waals surface area contributed by atoms with Gasteiger partial charge in [0.1, 0.15) is 5.78 Å². The average Bonchev–Trinajstić information content (AvgIpc) is 2.15. The highest BCUT2D eigenvalue weighted by Gasteiger charge is 2.17. The molecule has 0 amide bonds. The molecule has 0 fully saturated rings. The summed E-state index contributed by atoms with van der Waals surface area (Å²) in [6, 6.07) is 0. The second-order valence-corrected chi connectivity index (χ2v) is 3.28. The summed E-state index contributed by atoms with van der Waals surface area (Å²) in [7, 11) is 0. The fourth-order valence-corrected chi connectivity index (χ4v) is 0.833. The largest absolute Gasteiger partial charge is 0.301 e. The molecular formula is C11H14N2O3. The zero-order valence-corrected chi connectivity index (χ0v) is 9.53. The zero-order chi connectivity index (χ0) is 12.7. The topological polar surface area (TPSA) is 87.4 Å². The van der Waals surface area contributed by atoms with E-state index in [4.69, 9.17) is 5.41 Å². The van der Waals surface area contributed by atoms with Crippen LogP contribution in [0.2, 0.25) is 0 Å². The Labute approximate surface area is 93.8 Å². The van der Waals surface area contributed by atoms with Crippen molar-refractivity contribution in [3.8, 4) is 0 Å². The average molecular weight is 222 g/mol. The molecule has 0 unspecified atom stereocenters. The van der Waals surface area contributed by atoms with Gasteiger partial charge >= 0.3 is 0 Å². The number of carbonyl (C=O) groups excluding carboxylic acids is 3. The maximum Gasteiger partial charge on any atom is 0.228 e. The van der Waals surface area contributed by atoms with Gasteiger partial charge in [-0.1, -0.05) is 6.08 Å². The van der Waals surface area contributed by atoms with E-state index < -0.39 is 11.6 Å². The summed E-state index contributed by atoms with van der Waals surface area (Å²) >= 11 is 0. The number of hydrogen-bond donors (Lipinski definition) is 1. The van der Waals surface area contributed by atoms with Gasteiger partial charge in [0, 0.05) is 19.5 Å². The predicted octanol–water partition coefficient (Wildman–Crippen LogP) is 1.12. The van der Waals surface area contributed by atoms with E-state index in [1.165, 1.54) is 33.0 Å². The Morgan fingerprint density at radius 3 is 2.12 bits per heavy atom. The molecule has 0 bridgehead atoms. The quantitative estimate of drug-likeness (QED) is 0.539. The van der Waals surface area contributed by atoms with Crippen LogP contribution in [0, 0.1) is 5.41 Å². The van der Waals surface area contributed by atoms with E-state index in [1.54, 1.807) is 0 Å². The molecule has 5 nitrogen and oxygen atoms in total. The van der Waals surface area contributed by atoms with Crippen LogP contribution in [-0.2, 0) is 14.4 Å². The van der Waals surface area contributed by atoms with E-state index >= 15 is 0 Å². The molecule has 1 N–H and O–H groups in total. The third kappa shape index (κ3) is 5.09. The zero-order valence-electron chi connectivity index (χ0n) is 9.53. The third-order valence-electron chi connectivity index (χ3n) is 1.60. The van der Waals surface area contributed by atoms with Crippen molar-refractivity contribution in [2.75, 3.05) is 0 Å². The Bertz CT molecular complexity index is 392. The van der Waals surface area contributed by atoms with Crippen molar-refractivity contribution in [1.82, 2.24) is 0 Å². The molecule has 0 spiro atoms. The third-order valence-corrected chi connectivity index (χ3v) is 1.60. The number of Topliss-reactive ketones (excluding diaryl/α,β-unsaturated/α-hetero) is 3. The lowest BCUT2D eigenvalue weighted by Gasteiger charge is -1.97. The lowest BCUT2D eigenvalue weighted by molar-refractivity contribution is -0.116. The Morgan fingerprint density at radius 1 is 1.19 bits per heavy atom. The van der Waals surface area contributed by atoms with Crippen LogP contribution in [0.15, 0.2) is 17.3 Å². The summed E-state index contributed by atoms with van der Waals surface area (Å²) in [6.07, 6.45) is 2.89. The molecule has 0 aromatic carbocycles. The number of nitrogens with one attached hydrogen (secondary N) is 1. The van der Waals surface area contributed by atoms with E-state index in [0.717, 1.165) is 0 Å². The van der Waals surface area contributed by atoms with Crippen LogP contribution in [0.3, 0.4) is 0 Å². The fraction of sp³-hybridized carbons (Fsp3) is 0.364. The van der Waals surface area contributed by atoms with Crippen LogP contribution in [0.25, 0.3) is 0 Å². The van der Waals surface area contributed by atoms with E-state index in [0.29, 0.717) is 0 Å².